The highest BCUT2D eigenvalue weighted by atomic mass is 35.5. The Morgan fingerprint density at radius 1 is 1.26 bits per heavy atom. The molecular weight excluding hydrogens is 511 g/mol. The van der Waals surface area contributed by atoms with Gasteiger partial charge in [0.15, 0.2) is 11.6 Å². The Labute approximate surface area is 223 Å². The quantitative estimate of drug-likeness (QED) is 0.451. The molecule has 1 saturated carbocycles. The molecule has 4 bridgehead atoms. The Morgan fingerprint density at radius 2 is 2.13 bits per heavy atom. The zero-order chi connectivity index (χ0) is 26.0. The number of hydrogen-bond acceptors (Lipinski definition) is 8. The van der Waals surface area contributed by atoms with Gasteiger partial charge >= 0.3 is 0 Å². The average molecular weight is 537 g/mol. The van der Waals surface area contributed by atoms with E-state index in [1.54, 1.807) is 12.1 Å². The first kappa shape index (κ1) is 23.6. The fourth-order valence-corrected chi connectivity index (χ4v) is 6.49. The van der Waals surface area contributed by atoms with Gasteiger partial charge in [-0.1, -0.05) is 18.2 Å². The first-order valence-corrected chi connectivity index (χ1v) is 13.1. The molecular formula is C27H26ClFN6O3. The van der Waals surface area contributed by atoms with Gasteiger partial charge < -0.3 is 24.6 Å². The number of halogens is 2. The number of rotatable bonds is 7. The summed E-state index contributed by atoms with van der Waals surface area (Å²) in [5.74, 6) is 1.36. The third-order valence-corrected chi connectivity index (χ3v) is 8.55. The molecule has 0 spiro atoms. The van der Waals surface area contributed by atoms with Gasteiger partial charge in [-0.25, -0.2) is 19.3 Å². The van der Waals surface area contributed by atoms with E-state index < -0.39 is 5.82 Å². The van der Waals surface area contributed by atoms with Gasteiger partial charge in [0.25, 0.3) is 0 Å². The molecule has 5 fully saturated rings. The molecule has 196 valence electrons. The van der Waals surface area contributed by atoms with E-state index in [9.17, 15) is 4.79 Å². The normalized spacial score (nSPS) is 27.1. The number of fused-ring (bicyclic) bond motifs is 4. The van der Waals surface area contributed by atoms with Crippen LogP contribution in [0.15, 0.2) is 43.2 Å². The minimum atomic E-state index is -0.632. The molecule has 9 nitrogen and oxygen atoms in total. The van der Waals surface area contributed by atoms with E-state index in [0.29, 0.717) is 42.5 Å². The van der Waals surface area contributed by atoms with Crippen LogP contribution in [0.1, 0.15) is 19.3 Å². The molecule has 1 aliphatic carbocycles. The van der Waals surface area contributed by atoms with Crippen LogP contribution < -0.4 is 15.0 Å². The number of nitrogens with one attached hydrogen (secondary N) is 1. The maximum Gasteiger partial charge on any atom is 0.246 e. The van der Waals surface area contributed by atoms with Gasteiger partial charge in [-0.3, -0.25) is 4.79 Å². The summed E-state index contributed by atoms with van der Waals surface area (Å²) in [5, 5.41) is 2.94. The lowest BCUT2D eigenvalue weighted by molar-refractivity contribution is -0.127. The zero-order valence-corrected chi connectivity index (χ0v) is 21.3. The number of carbonyl (C=O) groups is 1. The molecule has 3 aromatic rings. The van der Waals surface area contributed by atoms with E-state index >= 15 is 4.39 Å². The number of anilines is 3. The largest absolute Gasteiger partial charge is 0.489 e. The van der Waals surface area contributed by atoms with Crippen LogP contribution >= 0.6 is 11.6 Å². The van der Waals surface area contributed by atoms with E-state index in [-0.39, 0.29) is 40.1 Å². The minimum Gasteiger partial charge on any atom is -0.489 e. The highest BCUT2D eigenvalue weighted by Gasteiger charge is 2.52. The second-order valence-corrected chi connectivity index (χ2v) is 10.9. The molecule has 2 aromatic heterocycles. The fraction of sp³-hybridized carbons (Fsp3) is 0.407. The van der Waals surface area contributed by atoms with Gasteiger partial charge in [-0.05, 0) is 55.5 Å². The summed E-state index contributed by atoms with van der Waals surface area (Å²) in [5.41, 5.74) is 1.05. The fourth-order valence-electron chi connectivity index (χ4n) is 6.27. The van der Waals surface area contributed by atoms with Crippen molar-refractivity contribution < 1.29 is 18.7 Å². The van der Waals surface area contributed by atoms with Crippen LogP contribution in [0.25, 0.3) is 11.0 Å². The lowest BCUT2D eigenvalue weighted by Gasteiger charge is -2.35. The first-order chi connectivity index (χ1) is 18.4. The third-order valence-electron chi connectivity index (χ3n) is 8.20. The summed E-state index contributed by atoms with van der Waals surface area (Å²) >= 11 is 6.35. The molecule has 0 unspecified atom stereocenters. The zero-order valence-electron chi connectivity index (χ0n) is 20.6. The van der Waals surface area contributed by atoms with Crippen LogP contribution in [0, 0.1) is 11.7 Å². The monoisotopic (exact) mass is 536 g/mol. The molecule has 4 saturated heterocycles. The number of aromatic nitrogens is 3. The predicted octanol–water partition coefficient (Wildman–Crippen LogP) is 4.09. The molecule has 6 heterocycles. The second-order valence-electron chi connectivity index (χ2n) is 10.6. The highest BCUT2D eigenvalue weighted by molar-refractivity contribution is 6.32. The van der Waals surface area contributed by atoms with Crippen molar-refractivity contribution in [2.75, 3.05) is 36.5 Å². The second kappa shape index (κ2) is 8.78. The molecule has 1 N–H and O–H groups in total. The number of piperazine rings is 1. The van der Waals surface area contributed by atoms with Gasteiger partial charge in [0, 0.05) is 13.1 Å². The number of likely N-dealkylation sites (tertiary alicyclic amines) is 1. The topological polar surface area (TPSA) is 92.7 Å². The summed E-state index contributed by atoms with van der Waals surface area (Å²) in [7, 11) is 0. The number of benzene rings is 1. The number of amides is 1. The van der Waals surface area contributed by atoms with Crippen LogP contribution in [-0.4, -0.2) is 69.7 Å². The van der Waals surface area contributed by atoms with Gasteiger partial charge in [0.1, 0.15) is 40.6 Å². The molecule has 8 rings (SSSR count). The number of nitrogens with zero attached hydrogens (tertiary/aromatic N) is 5. The third kappa shape index (κ3) is 3.77. The Bertz CT molecular complexity index is 1460. The Balaban J connectivity index is 1.11. The Hall–Kier alpha value is -3.50. The highest BCUT2D eigenvalue weighted by Crippen LogP contribution is 2.48. The van der Waals surface area contributed by atoms with Crippen molar-refractivity contribution in [3.05, 3.63) is 54.1 Å². The predicted molar refractivity (Wildman–Crippen MR) is 140 cm³/mol. The summed E-state index contributed by atoms with van der Waals surface area (Å²) in [6.45, 7) is 6.06. The van der Waals surface area contributed by atoms with Crippen molar-refractivity contribution in [2.45, 2.75) is 36.9 Å². The Kier molecular flexibility index (Phi) is 5.45. The van der Waals surface area contributed by atoms with Crippen molar-refractivity contribution in [1.82, 2.24) is 19.9 Å². The smallest absolute Gasteiger partial charge is 0.246 e. The summed E-state index contributed by atoms with van der Waals surface area (Å²) in [6, 6.07) is 7.33. The average Bonchev–Trinajstić information content (AvgIpc) is 3.71. The van der Waals surface area contributed by atoms with Crippen molar-refractivity contribution in [3.8, 4) is 5.75 Å². The molecule has 2 atom stereocenters. The molecule has 4 aliphatic heterocycles. The van der Waals surface area contributed by atoms with Crippen LogP contribution in [0.4, 0.5) is 21.7 Å². The summed E-state index contributed by atoms with van der Waals surface area (Å²) in [4.78, 5) is 29.7. The van der Waals surface area contributed by atoms with Gasteiger partial charge in [-0.2, -0.15) is 0 Å². The number of pyridine rings is 1. The van der Waals surface area contributed by atoms with E-state index in [1.807, 2.05) is 17.0 Å². The van der Waals surface area contributed by atoms with Crippen LogP contribution in [-0.2, 0) is 9.53 Å². The van der Waals surface area contributed by atoms with E-state index in [2.05, 4.69) is 26.8 Å². The molecule has 0 radical (unpaired) electrons. The maximum absolute atomic E-state index is 15.3. The van der Waals surface area contributed by atoms with Gasteiger partial charge in [0.2, 0.25) is 5.91 Å². The van der Waals surface area contributed by atoms with E-state index in [4.69, 9.17) is 26.1 Å². The minimum absolute atomic E-state index is 0.0381. The lowest BCUT2D eigenvalue weighted by atomic mass is 9.75. The van der Waals surface area contributed by atoms with Crippen LogP contribution in [0.2, 0.25) is 5.02 Å². The summed E-state index contributed by atoms with van der Waals surface area (Å²) in [6.07, 6.45) is 5.62. The summed E-state index contributed by atoms with van der Waals surface area (Å²) < 4.78 is 27.0. The van der Waals surface area contributed by atoms with Crippen LogP contribution in [0.3, 0.4) is 0 Å². The lowest BCUT2D eigenvalue weighted by Crippen LogP contribution is -2.48. The van der Waals surface area contributed by atoms with E-state index in [0.717, 1.165) is 31.7 Å². The van der Waals surface area contributed by atoms with Crippen molar-refractivity contribution in [3.63, 3.8) is 0 Å². The molecule has 38 heavy (non-hydrogen) atoms. The SMILES string of the molecule is C=CC(=O)N1C[C@@H]2C[C@H]1CN2c1ccc2ncnc(Nc3ccc(OCC45CC(CO4)C5)c(Cl)c3F)c2n1. The number of ether oxygens (including phenoxy) is 2. The molecule has 5 aliphatic rings. The van der Waals surface area contributed by atoms with Gasteiger partial charge in [0.05, 0.1) is 29.9 Å². The molecule has 11 heteroatoms. The maximum atomic E-state index is 15.3. The number of carbonyl (C=O) groups excluding carboxylic acids is 1. The van der Waals surface area contributed by atoms with Crippen molar-refractivity contribution >= 4 is 45.9 Å². The number of hydrogen-bond donors (Lipinski definition) is 1. The Morgan fingerprint density at radius 3 is 2.87 bits per heavy atom. The standard InChI is InChI=1S/C27H26ClFN6O3/c1-2-22(36)35-11-16-7-17(35)10-34(16)21-6-4-19-25(33-21)26(31-14-30-19)32-18-3-5-20(23(28)24(18)29)37-13-27-8-15(9-27)12-38-27/h2-6,14-17H,1,7-13H2,(H,30,31,32)/t15?,16-,17-,27?/m0/s1. The van der Waals surface area contributed by atoms with Crippen molar-refractivity contribution in [1.29, 1.82) is 0 Å². The van der Waals surface area contributed by atoms with Crippen molar-refractivity contribution in [2.24, 2.45) is 5.92 Å². The van der Waals surface area contributed by atoms with Crippen LogP contribution in [0.5, 0.6) is 5.75 Å². The molecule has 1 amide bonds. The van der Waals surface area contributed by atoms with Gasteiger partial charge in [-0.15, -0.1) is 0 Å². The molecule has 1 aromatic carbocycles. The first-order valence-electron chi connectivity index (χ1n) is 12.8. The van der Waals surface area contributed by atoms with E-state index in [1.165, 1.54) is 12.4 Å².